The first-order valence-electron chi connectivity index (χ1n) is 7.49. The molecule has 4 rings (SSSR count). The molecule has 0 aliphatic rings. The van der Waals surface area contributed by atoms with Crippen LogP contribution in [0, 0.1) is 0 Å². The van der Waals surface area contributed by atoms with E-state index in [-0.39, 0.29) is 0 Å². The van der Waals surface area contributed by atoms with Crippen LogP contribution in [0.25, 0.3) is 21.8 Å². The monoisotopic (exact) mass is 303 g/mol. The molecule has 1 atom stereocenters. The Kier molecular flexibility index (Phi) is 3.32. The fourth-order valence-electron chi connectivity index (χ4n) is 3.20. The molecule has 2 aromatic heterocycles. The van der Waals surface area contributed by atoms with Crippen LogP contribution in [0.15, 0.2) is 78.0 Å². The van der Waals surface area contributed by atoms with E-state index in [2.05, 4.69) is 82.6 Å². The van der Waals surface area contributed by atoms with E-state index >= 15 is 0 Å². The average Bonchev–Trinajstić information content (AvgIpc) is 3.20. The Balaban J connectivity index is 1.91. The maximum atomic E-state index is 4.05. The van der Waals surface area contributed by atoms with Crippen LogP contribution >= 0.6 is 11.3 Å². The van der Waals surface area contributed by atoms with Gasteiger partial charge in [0.15, 0.2) is 0 Å². The van der Waals surface area contributed by atoms with Crippen molar-refractivity contribution in [2.75, 3.05) is 0 Å². The second kappa shape index (κ2) is 5.47. The van der Waals surface area contributed by atoms with E-state index in [4.69, 9.17) is 0 Å². The van der Waals surface area contributed by atoms with Gasteiger partial charge in [0.05, 0.1) is 0 Å². The third-order valence-electron chi connectivity index (χ3n) is 4.31. The lowest BCUT2D eigenvalue weighted by atomic mass is 10.0. The molecule has 108 valence electrons. The number of hydrogen-bond donors (Lipinski definition) is 0. The topological polar surface area (TPSA) is 4.93 Å². The van der Waals surface area contributed by atoms with Crippen LogP contribution in [-0.2, 0) is 6.54 Å². The molecule has 0 unspecified atom stereocenters. The van der Waals surface area contributed by atoms with Gasteiger partial charge in [0.1, 0.15) is 0 Å². The highest BCUT2D eigenvalue weighted by molar-refractivity contribution is 7.08. The minimum absolute atomic E-state index is 0.338. The molecule has 0 spiro atoms. The van der Waals surface area contributed by atoms with Gasteiger partial charge in [-0.1, -0.05) is 42.5 Å². The zero-order valence-electron chi connectivity index (χ0n) is 12.3. The fourth-order valence-corrected chi connectivity index (χ4v) is 3.92. The number of para-hydroxylation sites is 2. The van der Waals surface area contributed by atoms with E-state index in [0.29, 0.717) is 5.92 Å². The van der Waals surface area contributed by atoms with Crippen LogP contribution in [0.5, 0.6) is 0 Å². The van der Waals surface area contributed by atoms with E-state index in [1.54, 1.807) is 11.3 Å². The molecular weight excluding hydrogens is 286 g/mol. The SMILES string of the molecule is C=C[C@H](Cn1c2ccccc2c2ccccc21)c1ccsc1. The molecule has 22 heavy (non-hydrogen) atoms. The zero-order chi connectivity index (χ0) is 14.9. The highest BCUT2D eigenvalue weighted by Crippen LogP contribution is 2.31. The Bertz CT molecular complexity index is 878. The summed E-state index contributed by atoms with van der Waals surface area (Å²) in [7, 11) is 0. The number of nitrogens with zero attached hydrogens (tertiary/aromatic N) is 1. The molecular formula is C20H17NS. The van der Waals surface area contributed by atoms with Crippen LogP contribution < -0.4 is 0 Å². The number of thiophene rings is 1. The van der Waals surface area contributed by atoms with Crippen molar-refractivity contribution in [2.45, 2.75) is 12.5 Å². The summed E-state index contributed by atoms with van der Waals surface area (Å²) in [5.74, 6) is 0.338. The lowest BCUT2D eigenvalue weighted by Gasteiger charge is -2.14. The first kappa shape index (κ1) is 13.4. The minimum Gasteiger partial charge on any atom is -0.340 e. The van der Waals surface area contributed by atoms with Gasteiger partial charge in [-0.3, -0.25) is 0 Å². The molecule has 0 aliphatic carbocycles. The minimum atomic E-state index is 0.338. The zero-order valence-corrected chi connectivity index (χ0v) is 13.1. The molecule has 0 radical (unpaired) electrons. The summed E-state index contributed by atoms with van der Waals surface area (Å²) in [6, 6.07) is 19.5. The highest BCUT2D eigenvalue weighted by atomic mass is 32.1. The third kappa shape index (κ3) is 2.08. The molecule has 2 heterocycles. The van der Waals surface area contributed by atoms with Crippen molar-refractivity contribution >= 4 is 33.1 Å². The quantitative estimate of drug-likeness (QED) is 0.418. The van der Waals surface area contributed by atoms with Gasteiger partial charge in [0, 0.05) is 34.3 Å². The highest BCUT2D eigenvalue weighted by Gasteiger charge is 2.14. The predicted molar refractivity (Wildman–Crippen MR) is 96.7 cm³/mol. The number of hydrogen-bond acceptors (Lipinski definition) is 1. The maximum absolute atomic E-state index is 4.05. The van der Waals surface area contributed by atoms with Gasteiger partial charge in [-0.05, 0) is 34.5 Å². The largest absolute Gasteiger partial charge is 0.340 e. The number of rotatable bonds is 4. The summed E-state index contributed by atoms with van der Waals surface area (Å²) in [4.78, 5) is 0. The molecule has 0 bridgehead atoms. The Hall–Kier alpha value is -2.32. The standard InChI is InChI=1S/C20H17NS/c1-2-15(16-11-12-22-14-16)13-21-19-9-5-3-7-17(19)18-8-4-6-10-20(18)21/h2-12,14-15H,1,13H2/t15-/m1/s1. The van der Waals surface area contributed by atoms with Crippen molar-refractivity contribution in [3.05, 3.63) is 83.6 Å². The van der Waals surface area contributed by atoms with Crippen molar-refractivity contribution in [2.24, 2.45) is 0 Å². The third-order valence-corrected chi connectivity index (χ3v) is 5.02. The molecule has 1 nitrogen and oxygen atoms in total. The summed E-state index contributed by atoms with van der Waals surface area (Å²) in [5.41, 5.74) is 3.94. The maximum Gasteiger partial charge on any atom is 0.0491 e. The van der Waals surface area contributed by atoms with Gasteiger partial charge in [-0.2, -0.15) is 11.3 Å². The van der Waals surface area contributed by atoms with Gasteiger partial charge in [0.25, 0.3) is 0 Å². The predicted octanol–water partition coefficient (Wildman–Crippen LogP) is 5.83. The van der Waals surface area contributed by atoms with Crippen LogP contribution in [0.3, 0.4) is 0 Å². The lowest BCUT2D eigenvalue weighted by molar-refractivity contribution is 0.677. The van der Waals surface area contributed by atoms with Gasteiger partial charge in [-0.15, -0.1) is 6.58 Å². The summed E-state index contributed by atoms with van der Waals surface area (Å²) in [6.45, 7) is 4.97. The van der Waals surface area contributed by atoms with E-state index in [9.17, 15) is 0 Å². The summed E-state index contributed by atoms with van der Waals surface area (Å²) >= 11 is 1.75. The lowest BCUT2D eigenvalue weighted by Crippen LogP contribution is -2.06. The van der Waals surface area contributed by atoms with E-state index in [0.717, 1.165) is 6.54 Å². The summed E-state index contributed by atoms with van der Waals surface area (Å²) in [6.07, 6.45) is 2.06. The molecule has 4 aromatic rings. The van der Waals surface area contributed by atoms with Gasteiger partial charge >= 0.3 is 0 Å². The summed E-state index contributed by atoms with van der Waals surface area (Å²) in [5, 5.41) is 7.01. The van der Waals surface area contributed by atoms with Crippen LogP contribution in [0.2, 0.25) is 0 Å². The van der Waals surface area contributed by atoms with Gasteiger partial charge < -0.3 is 4.57 Å². The smallest absolute Gasteiger partial charge is 0.0491 e. The van der Waals surface area contributed by atoms with Crippen molar-refractivity contribution in [3.63, 3.8) is 0 Å². The normalized spacial score (nSPS) is 12.7. The Morgan fingerprint density at radius 3 is 2.14 bits per heavy atom. The van der Waals surface area contributed by atoms with Gasteiger partial charge in [-0.25, -0.2) is 0 Å². The molecule has 0 N–H and O–H groups in total. The average molecular weight is 303 g/mol. The van der Waals surface area contributed by atoms with E-state index in [1.807, 2.05) is 0 Å². The number of aromatic nitrogens is 1. The van der Waals surface area contributed by atoms with Gasteiger partial charge in [0.2, 0.25) is 0 Å². The van der Waals surface area contributed by atoms with Crippen molar-refractivity contribution < 1.29 is 0 Å². The van der Waals surface area contributed by atoms with Crippen molar-refractivity contribution in [3.8, 4) is 0 Å². The number of fused-ring (bicyclic) bond motifs is 3. The van der Waals surface area contributed by atoms with Crippen LogP contribution in [0.4, 0.5) is 0 Å². The number of allylic oxidation sites excluding steroid dienone is 1. The van der Waals surface area contributed by atoms with Crippen LogP contribution in [0.1, 0.15) is 11.5 Å². The molecule has 2 aromatic carbocycles. The molecule has 0 aliphatic heterocycles. The molecule has 0 saturated heterocycles. The summed E-state index contributed by atoms with van der Waals surface area (Å²) < 4.78 is 2.43. The molecule has 0 amide bonds. The molecule has 0 fully saturated rings. The first-order chi connectivity index (χ1) is 10.9. The Morgan fingerprint density at radius 1 is 0.955 bits per heavy atom. The van der Waals surface area contributed by atoms with Crippen LogP contribution in [-0.4, -0.2) is 4.57 Å². The second-order valence-corrected chi connectivity index (χ2v) is 6.32. The molecule has 0 saturated carbocycles. The van der Waals surface area contributed by atoms with Crippen molar-refractivity contribution in [1.29, 1.82) is 0 Å². The van der Waals surface area contributed by atoms with Crippen molar-refractivity contribution in [1.82, 2.24) is 4.57 Å². The second-order valence-electron chi connectivity index (χ2n) is 5.54. The number of benzene rings is 2. The Morgan fingerprint density at radius 2 is 1.59 bits per heavy atom. The first-order valence-corrected chi connectivity index (χ1v) is 8.43. The fraction of sp³-hybridized carbons (Fsp3) is 0.100. The van der Waals surface area contributed by atoms with E-state index < -0.39 is 0 Å². The Labute approximate surface area is 134 Å². The molecule has 2 heteroatoms. The van der Waals surface area contributed by atoms with E-state index in [1.165, 1.54) is 27.4 Å².